The number of nitrogens with zero attached hydrogens (tertiary/aromatic N) is 1. The Morgan fingerprint density at radius 1 is 1.12 bits per heavy atom. The van der Waals surface area contributed by atoms with Gasteiger partial charge in [0.05, 0.1) is 14.2 Å². The lowest BCUT2D eigenvalue weighted by molar-refractivity contribution is -0.137. The molecule has 0 unspecified atom stereocenters. The monoisotopic (exact) mass is 363 g/mol. The van der Waals surface area contributed by atoms with E-state index in [2.05, 4.69) is 0 Å². The topological polar surface area (TPSA) is 48.0 Å². The molecular formula is C19H22ClNO4. The van der Waals surface area contributed by atoms with Crippen molar-refractivity contribution in [3.8, 4) is 17.2 Å². The molecule has 6 heteroatoms. The fourth-order valence-electron chi connectivity index (χ4n) is 2.44. The van der Waals surface area contributed by atoms with Gasteiger partial charge in [-0.3, -0.25) is 4.79 Å². The zero-order chi connectivity index (χ0) is 18.4. The van der Waals surface area contributed by atoms with Gasteiger partial charge in [0, 0.05) is 18.6 Å². The molecule has 0 bridgehead atoms. The predicted octanol–water partition coefficient (Wildman–Crippen LogP) is 3.78. The molecule has 2 rings (SSSR count). The van der Waals surface area contributed by atoms with Gasteiger partial charge in [0.2, 0.25) is 0 Å². The first-order valence-electron chi connectivity index (χ1n) is 7.82. The number of carbonyl (C=O) groups excluding carboxylic acids is 1. The van der Waals surface area contributed by atoms with E-state index in [0.717, 1.165) is 5.56 Å². The Hall–Kier alpha value is -2.40. The summed E-state index contributed by atoms with van der Waals surface area (Å²) in [5, 5.41) is 0.566. The molecule has 2 aromatic carbocycles. The predicted molar refractivity (Wildman–Crippen MR) is 97.6 cm³/mol. The summed E-state index contributed by atoms with van der Waals surface area (Å²) < 4.78 is 16.2. The van der Waals surface area contributed by atoms with E-state index < -0.39 is 6.10 Å². The Labute approximate surface area is 153 Å². The summed E-state index contributed by atoms with van der Waals surface area (Å²) in [6, 6.07) is 12.5. The van der Waals surface area contributed by atoms with E-state index in [9.17, 15) is 4.79 Å². The normalized spacial score (nSPS) is 11.6. The van der Waals surface area contributed by atoms with E-state index in [0.29, 0.717) is 28.8 Å². The van der Waals surface area contributed by atoms with Crippen LogP contribution in [0.1, 0.15) is 12.5 Å². The van der Waals surface area contributed by atoms with E-state index in [1.165, 1.54) is 0 Å². The van der Waals surface area contributed by atoms with E-state index in [1.54, 1.807) is 57.4 Å². The van der Waals surface area contributed by atoms with Gasteiger partial charge in [-0.25, -0.2) is 0 Å². The first-order chi connectivity index (χ1) is 11.9. The van der Waals surface area contributed by atoms with Gasteiger partial charge in [0.25, 0.3) is 5.91 Å². The molecule has 0 heterocycles. The summed E-state index contributed by atoms with van der Waals surface area (Å²) in [6.45, 7) is 2.15. The minimum Gasteiger partial charge on any atom is -0.493 e. The Balaban J connectivity index is 2.02. The van der Waals surface area contributed by atoms with Crippen molar-refractivity contribution in [1.29, 1.82) is 0 Å². The molecule has 0 saturated heterocycles. The maximum absolute atomic E-state index is 12.5. The van der Waals surface area contributed by atoms with Crippen molar-refractivity contribution >= 4 is 17.5 Å². The first-order valence-corrected chi connectivity index (χ1v) is 8.20. The largest absolute Gasteiger partial charge is 0.493 e. The number of hydrogen-bond acceptors (Lipinski definition) is 4. The van der Waals surface area contributed by atoms with Crippen LogP contribution in [-0.2, 0) is 11.3 Å². The average Bonchev–Trinajstić information content (AvgIpc) is 2.60. The van der Waals surface area contributed by atoms with Crippen LogP contribution < -0.4 is 14.2 Å². The van der Waals surface area contributed by atoms with Gasteiger partial charge in [-0.1, -0.05) is 23.7 Å². The maximum Gasteiger partial charge on any atom is 0.263 e. The van der Waals surface area contributed by atoms with Crippen molar-refractivity contribution in [2.45, 2.75) is 19.6 Å². The summed E-state index contributed by atoms with van der Waals surface area (Å²) in [5.74, 6) is 1.71. The van der Waals surface area contributed by atoms with Gasteiger partial charge < -0.3 is 19.1 Å². The summed E-state index contributed by atoms with van der Waals surface area (Å²) in [4.78, 5) is 14.1. The fraction of sp³-hybridized carbons (Fsp3) is 0.316. The maximum atomic E-state index is 12.5. The van der Waals surface area contributed by atoms with Crippen molar-refractivity contribution in [3.05, 3.63) is 53.1 Å². The Kier molecular flexibility index (Phi) is 6.53. The molecule has 0 N–H and O–H groups in total. The number of rotatable bonds is 7. The molecule has 0 aliphatic carbocycles. The van der Waals surface area contributed by atoms with Gasteiger partial charge in [-0.15, -0.1) is 0 Å². The summed E-state index contributed by atoms with van der Waals surface area (Å²) in [7, 11) is 4.90. The van der Waals surface area contributed by atoms with Crippen molar-refractivity contribution in [1.82, 2.24) is 4.90 Å². The van der Waals surface area contributed by atoms with Crippen LogP contribution in [0.15, 0.2) is 42.5 Å². The second-order valence-electron chi connectivity index (χ2n) is 5.60. The van der Waals surface area contributed by atoms with Crippen LogP contribution in [0.3, 0.4) is 0 Å². The highest BCUT2D eigenvalue weighted by Crippen LogP contribution is 2.28. The van der Waals surface area contributed by atoms with Crippen LogP contribution in [0.5, 0.6) is 17.2 Å². The van der Waals surface area contributed by atoms with E-state index in [1.807, 2.05) is 18.2 Å². The van der Waals surface area contributed by atoms with Crippen LogP contribution in [0, 0.1) is 0 Å². The third kappa shape index (κ3) is 5.03. The molecule has 0 aromatic heterocycles. The highest BCUT2D eigenvalue weighted by Gasteiger charge is 2.20. The second-order valence-corrected chi connectivity index (χ2v) is 6.04. The quantitative estimate of drug-likeness (QED) is 0.751. The minimum absolute atomic E-state index is 0.130. The molecular weight excluding hydrogens is 342 g/mol. The number of likely N-dealkylation sites (N-methyl/N-ethyl adjacent to an activating group) is 1. The summed E-state index contributed by atoms with van der Waals surface area (Å²) >= 11 is 5.93. The van der Waals surface area contributed by atoms with E-state index >= 15 is 0 Å². The van der Waals surface area contributed by atoms with Crippen LogP contribution in [0.25, 0.3) is 0 Å². The zero-order valence-electron chi connectivity index (χ0n) is 14.8. The number of hydrogen-bond donors (Lipinski definition) is 0. The van der Waals surface area contributed by atoms with Gasteiger partial charge in [-0.05, 0) is 42.8 Å². The number of benzene rings is 2. The minimum atomic E-state index is -0.622. The molecule has 0 fully saturated rings. The van der Waals surface area contributed by atoms with Crippen molar-refractivity contribution in [3.63, 3.8) is 0 Å². The van der Waals surface area contributed by atoms with Crippen LogP contribution in [0.4, 0.5) is 0 Å². The van der Waals surface area contributed by atoms with Gasteiger partial charge in [-0.2, -0.15) is 0 Å². The molecule has 0 aliphatic rings. The second kappa shape index (κ2) is 8.62. The molecule has 1 amide bonds. The first kappa shape index (κ1) is 18.9. The van der Waals surface area contributed by atoms with E-state index in [4.69, 9.17) is 25.8 Å². The third-order valence-corrected chi connectivity index (χ3v) is 3.94. The number of carbonyl (C=O) groups is 1. The molecule has 0 saturated carbocycles. The van der Waals surface area contributed by atoms with Crippen molar-refractivity contribution in [2.75, 3.05) is 21.3 Å². The highest BCUT2D eigenvalue weighted by atomic mass is 35.5. The SMILES string of the molecule is COc1ccc(CN(C)C(=O)[C@H](C)Oc2cccc(Cl)c2)cc1OC. The fourth-order valence-corrected chi connectivity index (χ4v) is 2.62. The van der Waals surface area contributed by atoms with Crippen molar-refractivity contribution in [2.24, 2.45) is 0 Å². The molecule has 1 atom stereocenters. The molecule has 2 aromatic rings. The number of halogens is 1. The van der Waals surface area contributed by atoms with Gasteiger partial charge >= 0.3 is 0 Å². The molecule has 5 nitrogen and oxygen atoms in total. The van der Waals surface area contributed by atoms with Gasteiger partial charge in [0.15, 0.2) is 17.6 Å². The van der Waals surface area contributed by atoms with Crippen LogP contribution in [0.2, 0.25) is 5.02 Å². The number of ether oxygens (including phenoxy) is 3. The standard InChI is InChI=1S/C19H22ClNO4/c1-13(25-16-7-5-6-15(20)11-16)19(22)21(2)12-14-8-9-17(23-3)18(10-14)24-4/h5-11,13H,12H2,1-4H3/t13-/m0/s1. The zero-order valence-corrected chi connectivity index (χ0v) is 15.5. The number of methoxy groups -OCH3 is 2. The Bertz CT molecular complexity index is 735. The molecule has 0 radical (unpaired) electrons. The third-order valence-electron chi connectivity index (χ3n) is 3.70. The Morgan fingerprint density at radius 2 is 1.84 bits per heavy atom. The van der Waals surface area contributed by atoms with Crippen LogP contribution >= 0.6 is 11.6 Å². The molecule has 0 spiro atoms. The number of amides is 1. The van der Waals surface area contributed by atoms with Crippen molar-refractivity contribution < 1.29 is 19.0 Å². The lowest BCUT2D eigenvalue weighted by Gasteiger charge is -2.22. The summed E-state index contributed by atoms with van der Waals surface area (Å²) in [6.07, 6.45) is -0.622. The molecule has 25 heavy (non-hydrogen) atoms. The smallest absolute Gasteiger partial charge is 0.263 e. The lowest BCUT2D eigenvalue weighted by atomic mass is 10.2. The average molecular weight is 364 g/mol. The van der Waals surface area contributed by atoms with Gasteiger partial charge in [0.1, 0.15) is 5.75 Å². The van der Waals surface area contributed by atoms with Crippen LogP contribution in [-0.4, -0.2) is 38.2 Å². The Morgan fingerprint density at radius 3 is 2.48 bits per heavy atom. The lowest BCUT2D eigenvalue weighted by Crippen LogP contribution is -2.37. The molecule has 134 valence electrons. The molecule has 0 aliphatic heterocycles. The highest BCUT2D eigenvalue weighted by molar-refractivity contribution is 6.30. The van der Waals surface area contributed by atoms with E-state index in [-0.39, 0.29) is 5.91 Å². The summed E-state index contributed by atoms with van der Waals surface area (Å²) in [5.41, 5.74) is 0.934.